The van der Waals surface area contributed by atoms with Crippen LogP contribution in [0, 0.1) is 0 Å². The smallest absolute Gasteiger partial charge is 0.241 e. The molecule has 5 heteroatoms. The van der Waals surface area contributed by atoms with Gasteiger partial charge in [-0.05, 0) is 50.9 Å². The maximum Gasteiger partial charge on any atom is 0.241 e. The fourth-order valence-corrected chi connectivity index (χ4v) is 3.72. The SMILES string of the molecule is CSc1ccc(C2NC(C)C(=O)N2C2CCN(C)C2)cc1. The first-order chi connectivity index (χ1) is 10.1. The zero-order valence-electron chi connectivity index (χ0n) is 12.9. The van der Waals surface area contributed by atoms with Gasteiger partial charge in [-0.3, -0.25) is 10.1 Å². The van der Waals surface area contributed by atoms with Crippen LogP contribution >= 0.6 is 11.8 Å². The highest BCUT2D eigenvalue weighted by Crippen LogP contribution is 2.31. The van der Waals surface area contributed by atoms with Crippen LogP contribution in [-0.4, -0.2) is 54.2 Å². The van der Waals surface area contributed by atoms with Crippen LogP contribution in [0.1, 0.15) is 25.1 Å². The summed E-state index contributed by atoms with van der Waals surface area (Å²) >= 11 is 1.74. The molecular weight excluding hydrogens is 282 g/mol. The second-order valence-electron chi connectivity index (χ2n) is 6.01. The van der Waals surface area contributed by atoms with Crippen LogP contribution in [0.2, 0.25) is 0 Å². The van der Waals surface area contributed by atoms with Crippen molar-refractivity contribution in [2.75, 3.05) is 26.4 Å². The van der Waals surface area contributed by atoms with E-state index >= 15 is 0 Å². The van der Waals surface area contributed by atoms with Gasteiger partial charge in [-0.25, -0.2) is 0 Å². The molecule has 0 spiro atoms. The summed E-state index contributed by atoms with van der Waals surface area (Å²) in [6, 6.07) is 8.77. The van der Waals surface area contributed by atoms with Crippen molar-refractivity contribution >= 4 is 17.7 Å². The highest BCUT2D eigenvalue weighted by atomic mass is 32.2. The number of rotatable bonds is 3. The molecule has 0 radical (unpaired) electrons. The Balaban J connectivity index is 1.85. The van der Waals surface area contributed by atoms with Crippen LogP contribution < -0.4 is 5.32 Å². The summed E-state index contributed by atoms with van der Waals surface area (Å²) in [6.07, 6.45) is 3.16. The van der Waals surface area contributed by atoms with Crippen molar-refractivity contribution in [3.05, 3.63) is 29.8 Å². The normalized spacial score (nSPS) is 30.3. The molecule has 0 aromatic heterocycles. The predicted octanol–water partition coefficient (Wildman–Crippen LogP) is 1.93. The fraction of sp³-hybridized carbons (Fsp3) is 0.562. The minimum atomic E-state index is -0.0962. The number of hydrogen-bond acceptors (Lipinski definition) is 4. The average molecular weight is 305 g/mol. The van der Waals surface area contributed by atoms with Gasteiger partial charge in [-0.1, -0.05) is 12.1 Å². The van der Waals surface area contributed by atoms with Crippen LogP contribution in [0.3, 0.4) is 0 Å². The van der Waals surface area contributed by atoms with Crippen molar-refractivity contribution in [3.63, 3.8) is 0 Å². The minimum Gasteiger partial charge on any atom is -0.317 e. The zero-order chi connectivity index (χ0) is 15.0. The van der Waals surface area contributed by atoms with Gasteiger partial charge < -0.3 is 9.80 Å². The lowest BCUT2D eigenvalue weighted by atomic mass is 10.1. The van der Waals surface area contributed by atoms with Gasteiger partial charge in [0.1, 0.15) is 6.17 Å². The summed E-state index contributed by atoms with van der Waals surface area (Å²) in [5.41, 5.74) is 1.18. The number of likely N-dealkylation sites (tertiary alicyclic amines) is 1. The number of hydrogen-bond donors (Lipinski definition) is 1. The Morgan fingerprint density at radius 2 is 2.00 bits per heavy atom. The van der Waals surface area contributed by atoms with E-state index in [0.29, 0.717) is 6.04 Å². The van der Waals surface area contributed by atoms with Gasteiger partial charge in [0.25, 0.3) is 0 Å². The number of benzene rings is 1. The van der Waals surface area contributed by atoms with Gasteiger partial charge in [-0.2, -0.15) is 0 Å². The summed E-state index contributed by atoms with van der Waals surface area (Å²) < 4.78 is 0. The minimum absolute atomic E-state index is 0.0138. The number of nitrogens with zero attached hydrogens (tertiary/aromatic N) is 2. The van der Waals surface area contributed by atoms with Crippen molar-refractivity contribution in [3.8, 4) is 0 Å². The summed E-state index contributed by atoms with van der Waals surface area (Å²) in [7, 11) is 2.12. The molecule has 2 aliphatic rings. The third-order valence-electron chi connectivity index (χ3n) is 4.50. The molecule has 1 aromatic carbocycles. The number of thioether (sulfide) groups is 1. The third-order valence-corrected chi connectivity index (χ3v) is 5.25. The van der Waals surface area contributed by atoms with E-state index in [1.54, 1.807) is 11.8 Å². The largest absolute Gasteiger partial charge is 0.317 e. The lowest BCUT2D eigenvalue weighted by Crippen LogP contribution is -2.41. The zero-order valence-corrected chi connectivity index (χ0v) is 13.7. The van der Waals surface area contributed by atoms with E-state index in [9.17, 15) is 4.79 Å². The monoisotopic (exact) mass is 305 g/mol. The highest BCUT2D eigenvalue weighted by Gasteiger charge is 2.42. The molecule has 0 saturated carbocycles. The van der Waals surface area contributed by atoms with Crippen LogP contribution in [0.25, 0.3) is 0 Å². The molecule has 21 heavy (non-hydrogen) atoms. The van der Waals surface area contributed by atoms with E-state index in [1.807, 2.05) is 6.92 Å². The second kappa shape index (κ2) is 5.99. The molecule has 3 atom stereocenters. The molecule has 3 rings (SSSR count). The quantitative estimate of drug-likeness (QED) is 0.866. The maximum absolute atomic E-state index is 12.5. The number of amides is 1. The van der Waals surface area contributed by atoms with Gasteiger partial charge in [0.2, 0.25) is 5.91 Å². The van der Waals surface area contributed by atoms with Crippen molar-refractivity contribution in [1.82, 2.24) is 15.1 Å². The van der Waals surface area contributed by atoms with Gasteiger partial charge in [0, 0.05) is 17.5 Å². The summed E-state index contributed by atoms with van der Waals surface area (Å²) in [6.45, 7) is 4.00. The Morgan fingerprint density at radius 1 is 1.29 bits per heavy atom. The Labute approximate surface area is 130 Å². The Hall–Kier alpha value is -1.04. The van der Waals surface area contributed by atoms with E-state index in [4.69, 9.17) is 0 Å². The molecule has 1 N–H and O–H groups in total. The number of likely N-dealkylation sites (N-methyl/N-ethyl adjacent to an activating group) is 1. The van der Waals surface area contributed by atoms with Crippen LogP contribution in [0.15, 0.2) is 29.2 Å². The third kappa shape index (κ3) is 2.82. The molecule has 2 fully saturated rings. The molecule has 1 aromatic rings. The number of nitrogens with one attached hydrogen (secondary N) is 1. The second-order valence-corrected chi connectivity index (χ2v) is 6.89. The Morgan fingerprint density at radius 3 is 2.57 bits per heavy atom. The van der Waals surface area contributed by atoms with Crippen molar-refractivity contribution in [1.29, 1.82) is 0 Å². The van der Waals surface area contributed by atoms with Gasteiger partial charge in [0.15, 0.2) is 0 Å². The first-order valence-electron chi connectivity index (χ1n) is 7.51. The first kappa shape index (κ1) is 14.9. The van der Waals surface area contributed by atoms with Crippen molar-refractivity contribution in [2.45, 2.75) is 36.5 Å². The molecular formula is C16H23N3OS. The summed E-state index contributed by atoms with van der Waals surface area (Å²) in [4.78, 5) is 18.2. The van der Waals surface area contributed by atoms with E-state index in [-0.39, 0.29) is 18.1 Å². The molecule has 4 nitrogen and oxygen atoms in total. The van der Waals surface area contributed by atoms with Crippen LogP contribution in [0.5, 0.6) is 0 Å². The van der Waals surface area contributed by atoms with Crippen molar-refractivity contribution < 1.29 is 4.79 Å². The molecule has 114 valence electrons. The number of carbonyl (C=O) groups excluding carboxylic acids is 1. The van der Waals surface area contributed by atoms with E-state index < -0.39 is 0 Å². The standard InChI is InChI=1S/C16H23N3OS/c1-11-16(20)19(13-8-9-18(2)10-13)15(17-11)12-4-6-14(21-3)7-5-12/h4-7,11,13,15,17H,8-10H2,1-3H3. The topological polar surface area (TPSA) is 35.6 Å². The lowest BCUT2D eigenvalue weighted by Gasteiger charge is -2.30. The van der Waals surface area contributed by atoms with E-state index in [2.05, 4.69) is 52.7 Å². The van der Waals surface area contributed by atoms with Crippen LogP contribution in [0.4, 0.5) is 0 Å². The highest BCUT2D eigenvalue weighted by molar-refractivity contribution is 7.98. The molecule has 1 amide bonds. The lowest BCUT2D eigenvalue weighted by molar-refractivity contribution is -0.131. The molecule has 3 unspecified atom stereocenters. The predicted molar refractivity (Wildman–Crippen MR) is 86.3 cm³/mol. The molecule has 2 saturated heterocycles. The van der Waals surface area contributed by atoms with Crippen molar-refractivity contribution in [2.24, 2.45) is 0 Å². The average Bonchev–Trinajstić information content (AvgIpc) is 3.04. The summed E-state index contributed by atoms with van der Waals surface area (Å²) in [5, 5.41) is 3.45. The Kier molecular flexibility index (Phi) is 4.24. The van der Waals surface area contributed by atoms with E-state index in [0.717, 1.165) is 19.5 Å². The Bertz CT molecular complexity index is 519. The van der Waals surface area contributed by atoms with Crippen LogP contribution in [-0.2, 0) is 4.79 Å². The molecule has 0 bridgehead atoms. The van der Waals surface area contributed by atoms with Gasteiger partial charge >= 0.3 is 0 Å². The summed E-state index contributed by atoms with van der Waals surface area (Å²) in [5.74, 6) is 0.231. The number of carbonyl (C=O) groups is 1. The first-order valence-corrected chi connectivity index (χ1v) is 8.73. The van der Waals surface area contributed by atoms with E-state index in [1.165, 1.54) is 10.5 Å². The van der Waals surface area contributed by atoms with Gasteiger partial charge in [-0.15, -0.1) is 11.8 Å². The molecule has 0 aliphatic carbocycles. The molecule has 2 heterocycles. The maximum atomic E-state index is 12.5. The van der Waals surface area contributed by atoms with Gasteiger partial charge in [0.05, 0.1) is 6.04 Å². The fourth-order valence-electron chi connectivity index (χ4n) is 3.31. The molecule has 2 aliphatic heterocycles.